The first-order chi connectivity index (χ1) is 12.2. The van der Waals surface area contributed by atoms with Gasteiger partial charge in [0.1, 0.15) is 0 Å². The Balaban J connectivity index is 2.08. The van der Waals surface area contributed by atoms with Gasteiger partial charge in [0.05, 0.1) is 6.10 Å². The number of unbranched alkanes of at least 4 members (excludes halogenated alkanes) is 1. The Morgan fingerprint density at radius 2 is 2.08 bits per heavy atom. The van der Waals surface area contributed by atoms with E-state index in [0.717, 1.165) is 55.5 Å². The molecule has 2 unspecified atom stereocenters. The van der Waals surface area contributed by atoms with Crippen molar-refractivity contribution >= 4 is 23.4 Å². The fourth-order valence-electron chi connectivity index (χ4n) is 3.31. The largest absolute Gasteiger partial charge is 0.388 e. The lowest BCUT2D eigenvalue weighted by Gasteiger charge is -2.35. The van der Waals surface area contributed by atoms with Crippen molar-refractivity contribution in [1.29, 1.82) is 0 Å². The van der Waals surface area contributed by atoms with Gasteiger partial charge in [-0.3, -0.25) is 4.79 Å². The molecule has 1 amide bonds. The molecule has 1 saturated heterocycles. The number of amides is 1. The second-order valence-electron chi connectivity index (χ2n) is 6.69. The maximum atomic E-state index is 12.5. The van der Waals surface area contributed by atoms with E-state index in [0.29, 0.717) is 6.42 Å². The van der Waals surface area contributed by atoms with Crippen molar-refractivity contribution in [3.05, 3.63) is 42.0 Å². The molecule has 1 aromatic carbocycles. The van der Waals surface area contributed by atoms with E-state index in [1.165, 1.54) is 0 Å². The highest BCUT2D eigenvalue weighted by molar-refractivity contribution is 7.98. The summed E-state index contributed by atoms with van der Waals surface area (Å²) in [5.41, 5.74) is 1.89. The van der Waals surface area contributed by atoms with Crippen LogP contribution in [0.15, 0.2) is 36.4 Å². The van der Waals surface area contributed by atoms with Crippen LogP contribution in [0.4, 0.5) is 5.69 Å². The Hall–Kier alpha value is -1.26. The van der Waals surface area contributed by atoms with E-state index < -0.39 is 6.10 Å². The second-order valence-corrected chi connectivity index (χ2v) is 7.68. The normalized spacial score (nSPS) is 19.6. The van der Waals surface area contributed by atoms with Crippen molar-refractivity contribution < 1.29 is 9.90 Å². The van der Waals surface area contributed by atoms with Crippen LogP contribution in [0.3, 0.4) is 0 Å². The maximum absolute atomic E-state index is 12.5. The number of rotatable bonds is 9. The maximum Gasteiger partial charge on any atom is 0.227 e. The van der Waals surface area contributed by atoms with Gasteiger partial charge in [-0.1, -0.05) is 37.6 Å². The third kappa shape index (κ3) is 5.89. The molecule has 25 heavy (non-hydrogen) atoms. The Bertz CT molecular complexity index is 556. The molecular formula is C21H31NO2S. The third-order valence-corrected chi connectivity index (χ3v) is 5.39. The van der Waals surface area contributed by atoms with Gasteiger partial charge in [0.15, 0.2) is 0 Å². The SMILES string of the molecule is CCC/C=C\CC1CCCC(=O)N1c1ccc(C(O)CCSC)cc1. The number of hydrogen-bond donors (Lipinski definition) is 1. The van der Waals surface area contributed by atoms with E-state index in [1.807, 2.05) is 35.4 Å². The molecule has 1 N–H and O–H groups in total. The topological polar surface area (TPSA) is 40.5 Å². The molecule has 0 saturated carbocycles. The predicted molar refractivity (Wildman–Crippen MR) is 108 cm³/mol. The first-order valence-electron chi connectivity index (χ1n) is 9.41. The summed E-state index contributed by atoms with van der Waals surface area (Å²) in [5.74, 6) is 1.16. The van der Waals surface area contributed by atoms with Crippen molar-refractivity contribution in [3.8, 4) is 0 Å². The van der Waals surface area contributed by atoms with Crippen LogP contribution in [0.1, 0.15) is 63.5 Å². The van der Waals surface area contributed by atoms with E-state index in [4.69, 9.17) is 0 Å². The van der Waals surface area contributed by atoms with Gasteiger partial charge in [-0.25, -0.2) is 0 Å². The number of aliphatic hydroxyl groups is 1. The summed E-state index contributed by atoms with van der Waals surface area (Å²) in [6.45, 7) is 2.18. The highest BCUT2D eigenvalue weighted by Gasteiger charge is 2.28. The molecule has 138 valence electrons. The van der Waals surface area contributed by atoms with Crippen molar-refractivity contribution in [2.75, 3.05) is 16.9 Å². The van der Waals surface area contributed by atoms with Crippen LogP contribution in [-0.2, 0) is 4.79 Å². The smallest absolute Gasteiger partial charge is 0.227 e. The van der Waals surface area contributed by atoms with Gasteiger partial charge in [0.2, 0.25) is 5.91 Å². The van der Waals surface area contributed by atoms with E-state index in [2.05, 4.69) is 19.1 Å². The second kappa shape index (κ2) is 10.7. The number of allylic oxidation sites excluding steroid dienone is 1. The Kier molecular flexibility index (Phi) is 8.56. The van der Waals surface area contributed by atoms with Gasteiger partial charge in [-0.05, 0) is 61.8 Å². The Labute approximate surface area is 156 Å². The lowest BCUT2D eigenvalue weighted by atomic mass is 9.97. The molecule has 1 heterocycles. The zero-order chi connectivity index (χ0) is 18.1. The summed E-state index contributed by atoms with van der Waals surface area (Å²) >= 11 is 1.74. The number of carbonyl (C=O) groups is 1. The number of carbonyl (C=O) groups excluding carboxylic acids is 1. The van der Waals surface area contributed by atoms with Crippen LogP contribution in [0.25, 0.3) is 0 Å². The number of nitrogens with zero attached hydrogens (tertiary/aromatic N) is 1. The van der Waals surface area contributed by atoms with Crippen molar-refractivity contribution in [2.24, 2.45) is 0 Å². The fraction of sp³-hybridized carbons (Fsp3) is 0.571. The van der Waals surface area contributed by atoms with Crippen LogP contribution in [0.5, 0.6) is 0 Å². The van der Waals surface area contributed by atoms with Gasteiger partial charge in [0, 0.05) is 18.2 Å². The number of piperidine rings is 1. The Morgan fingerprint density at radius 3 is 2.76 bits per heavy atom. The average Bonchev–Trinajstić information content (AvgIpc) is 2.63. The molecule has 0 aliphatic carbocycles. The molecular weight excluding hydrogens is 330 g/mol. The van der Waals surface area contributed by atoms with Gasteiger partial charge in [-0.2, -0.15) is 11.8 Å². The average molecular weight is 362 g/mol. The van der Waals surface area contributed by atoms with Gasteiger partial charge in [0.25, 0.3) is 0 Å². The molecule has 2 rings (SSSR count). The van der Waals surface area contributed by atoms with Crippen LogP contribution in [0, 0.1) is 0 Å². The van der Waals surface area contributed by atoms with E-state index >= 15 is 0 Å². The van der Waals surface area contributed by atoms with Crippen LogP contribution in [-0.4, -0.2) is 29.1 Å². The third-order valence-electron chi connectivity index (χ3n) is 4.74. The van der Waals surface area contributed by atoms with E-state index in [1.54, 1.807) is 11.8 Å². The number of thioether (sulfide) groups is 1. The van der Waals surface area contributed by atoms with Gasteiger partial charge >= 0.3 is 0 Å². The fourth-order valence-corrected chi connectivity index (χ4v) is 3.77. The lowest BCUT2D eigenvalue weighted by Crippen LogP contribution is -2.43. The van der Waals surface area contributed by atoms with Crippen molar-refractivity contribution in [3.63, 3.8) is 0 Å². The molecule has 0 bridgehead atoms. The zero-order valence-electron chi connectivity index (χ0n) is 15.5. The first kappa shape index (κ1) is 20.1. The lowest BCUT2D eigenvalue weighted by molar-refractivity contribution is -0.120. The minimum Gasteiger partial charge on any atom is -0.388 e. The molecule has 3 nitrogen and oxygen atoms in total. The van der Waals surface area contributed by atoms with Crippen LogP contribution < -0.4 is 4.90 Å². The highest BCUT2D eigenvalue weighted by Crippen LogP contribution is 2.29. The number of anilines is 1. The summed E-state index contributed by atoms with van der Waals surface area (Å²) in [4.78, 5) is 14.5. The Morgan fingerprint density at radius 1 is 1.32 bits per heavy atom. The summed E-state index contributed by atoms with van der Waals surface area (Å²) in [6.07, 6.45) is 12.7. The van der Waals surface area contributed by atoms with E-state index in [-0.39, 0.29) is 11.9 Å². The van der Waals surface area contributed by atoms with Crippen molar-refractivity contribution in [1.82, 2.24) is 0 Å². The van der Waals surface area contributed by atoms with Crippen molar-refractivity contribution in [2.45, 2.75) is 64.0 Å². The van der Waals surface area contributed by atoms with E-state index in [9.17, 15) is 9.90 Å². The summed E-state index contributed by atoms with van der Waals surface area (Å²) in [5, 5.41) is 10.2. The molecule has 0 aromatic heterocycles. The minimum atomic E-state index is -0.425. The summed E-state index contributed by atoms with van der Waals surface area (Å²) in [6, 6.07) is 8.16. The number of benzene rings is 1. The predicted octanol–water partition coefficient (Wildman–Crippen LogP) is 5.11. The quantitative estimate of drug-likeness (QED) is 0.622. The van der Waals surface area contributed by atoms with Crippen LogP contribution in [0.2, 0.25) is 0 Å². The highest BCUT2D eigenvalue weighted by atomic mass is 32.2. The summed E-state index contributed by atoms with van der Waals surface area (Å²) < 4.78 is 0. The molecule has 1 aromatic rings. The molecule has 1 fully saturated rings. The summed E-state index contributed by atoms with van der Waals surface area (Å²) in [7, 11) is 0. The molecule has 0 spiro atoms. The van der Waals surface area contributed by atoms with Gasteiger partial charge in [-0.15, -0.1) is 0 Å². The molecule has 0 radical (unpaired) electrons. The standard InChI is InChI=1S/C21H31NO2S/c1-3-4-5-6-8-18-9-7-10-21(24)22(18)19-13-11-17(12-14-19)20(23)15-16-25-2/h5-6,11-14,18,20,23H,3-4,7-10,15-16H2,1-2H3/b6-5-. The molecule has 2 atom stereocenters. The molecule has 1 aliphatic rings. The zero-order valence-corrected chi connectivity index (χ0v) is 16.3. The monoisotopic (exact) mass is 361 g/mol. The number of aliphatic hydroxyl groups excluding tert-OH is 1. The molecule has 4 heteroatoms. The minimum absolute atomic E-state index is 0.218. The first-order valence-corrected chi connectivity index (χ1v) is 10.8. The number of hydrogen-bond acceptors (Lipinski definition) is 3. The molecule has 1 aliphatic heterocycles. The van der Waals surface area contributed by atoms with Gasteiger partial charge < -0.3 is 10.0 Å². The van der Waals surface area contributed by atoms with Crippen LogP contribution >= 0.6 is 11.8 Å².